The zero-order chi connectivity index (χ0) is 13.1. The largest absolute Gasteiger partial charge is 0.492 e. The second kappa shape index (κ2) is 5.57. The Morgan fingerprint density at radius 1 is 1.50 bits per heavy atom. The van der Waals surface area contributed by atoms with Crippen molar-refractivity contribution in [1.82, 2.24) is 4.90 Å². The predicted molar refractivity (Wildman–Crippen MR) is 71.7 cm³/mol. The van der Waals surface area contributed by atoms with Gasteiger partial charge in [0.25, 0.3) is 0 Å². The van der Waals surface area contributed by atoms with Gasteiger partial charge in [-0.2, -0.15) is 0 Å². The van der Waals surface area contributed by atoms with Crippen LogP contribution in [0.4, 0.5) is 10.1 Å². The Labute approximate surface area is 108 Å². The van der Waals surface area contributed by atoms with Crippen molar-refractivity contribution in [3.8, 4) is 5.75 Å². The molecule has 2 unspecified atom stereocenters. The van der Waals surface area contributed by atoms with Gasteiger partial charge < -0.3 is 15.0 Å². The predicted octanol–water partition coefficient (Wildman–Crippen LogP) is 2.73. The molecule has 1 aliphatic rings. The molecule has 2 atom stereocenters. The molecule has 3 nitrogen and oxygen atoms in total. The van der Waals surface area contributed by atoms with E-state index in [4.69, 9.17) is 4.74 Å². The molecule has 1 aromatic rings. The van der Waals surface area contributed by atoms with Gasteiger partial charge in [-0.15, -0.1) is 0 Å². The van der Waals surface area contributed by atoms with Gasteiger partial charge in [0, 0.05) is 24.7 Å². The molecule has 0 amide bonds. The maximum absolute atomic E-state index is 13.2. The zero-order valence-corrected chi connectivity index (χ0v) is 11.2. The molecule has 0 saturated carbocycles. The molecule has 1 fully saturated rings. The first-order chi connectivity index (χ1) is 8.60. The SMILES string of the molecule is CCOc1cc(F)ccc1NC1CC(C)N(C)C1. The van der Waals surface area contributed by atoms with Gasteiger partial charge in [-0.3, -0.25) is 0 Å². The van der Waals surface area contributed by atoms with Crippen LogP contribution in [-0.4, -0.2) is 37.2 Å². The van der Waals surface area contributed by atoms with E-state index in [1.807, 2.05) is 6.92 Å². The number of hydrogen-bond acceptors (Lipinski definition) is 3. The van der Waals surface area contributed by atoms with Crippen LogP contribution in [0, 0.1) is 5.82 Å². The van der Waals surface area contributed by atoms with Crippen molar-refractivity contribution in [2.75, 3.05) is 25.5 Å². The molecule has 1 N–H and O–H groups in total. The molecule has 1 heterocycles. The first-order valence-electron chi connectivity index (χ1n) is 6.49. The first kappa shape index (κ1) is 13.1. The molecule has 0 aliphatic carbocycles. The van der Waals surface area contributed by atoms with E-state index in [9.17, 15) is 4.39 Å². The summed E-state index contributed by atoms with van der Waals surface area (Å²) in [6.45, 7) is 5.67. The third-order valence-corrected chi connectivity index (χ3v) is 3.49. The monoisotopic (exact) mass is 252 g/mol. The van der Waals surface area contributed by atoms with Crippen LogP contribution in [0.2, 0.25) is 0 Å². The molecule has 1 aliphatic heterocycles. The highest BCUT2D eigenvalue weighted by Crippen LogP contribution is 2.28. The summed E-state index contributed by atoms with van der Waals surface area (Å²) in [6, 6.07) is 5.64. The molecule has 0 bridgehead atoms. The van der Waals surface area contributed by atoms with Crippen LogP contribution in [0.15, 0.2) is 18.2 Å². The second-order valence-corrected chi connectivity index (χ2v) is 4.94. The fraction of sp³-hybridized carbons (Fsp3) is 0.571. The lowest BCUT2D eigenvalue weighted by Gasteiger charge is -2.17. The van der Waals surface area contributed by atoms with E-state index >= 15 is 0 Å². The fourth-order valence-corrected chi connectivity index (χ4v) is 2.41. The minimum Gasteiger partial charge on any atom is -0.492 e. The van der Waals surface area contributed by atoms with Gasteiger partial charge >= 0.3 is 0 Å². The van der Waals surface area contributed by atoms with E-state index in [0.717, 1.165) is 18.7 Å². The van der Waals surface area contributed by atoms with E-state index in [1.165, 1.54) is 12.1 Å². The number of rotatable bonds is 4. The average molecular weight is 252 g/mol. The molecule has 2 rings (SSSR count). The van der Waals surface area contributed by atoms with Crippen molar-refractivity contribution in [1.29, 1.82) is 0 Å². The summed E-state index contributed by atoms with van der Waals surface area (Å²) >= 11 is 0. The van der Waals surface area contributed by atoms with E-state index in [-0.39, 0.29) is 5.82 Å². The Morgan fingerprint density at radius 3 is 2.89 bits per heavy atom. The lowest BCUT2D eigenvalue weighted by Crippen LogP contribution is -2.25. The number of anilines is 1. The maximum atomic E-state index is 13.2. The van der Waals surface area contributed by atoms with Crippen LogP contribution in [-0.2, 0) is 0 Å². The highest BCUT2D eigenvalue weighted by molar-refractivity contribution is 5.57. The van der Waals surface area contributed by atoms with Crippen LogP contribution < -0.4 is 10.1 Å². The Balaban J connectivity index is 2.09. The van der Waals surface area contributed by atoms with Crippen molar-refractivity contribution in [2.24, 2.45) is 0 Å². The molecule has 0 spiro atoms. The van der Waals surface area contributed by atoms with Crippen molar-refractivity contribution in [2.45, 2.75) is 32.4 Å². The highest BCUT2D eigenvalue weighted by atomic mass is 19.1. The van der Waals surface area contributed by atoms with E-state index in [1.54, 1.807) is 6.07 Å². The summed E-state index contributed by atoms with van der Waals surface area (Å²) in [4.78, 5) is 2.32. The molecule has 0 radical (unpaired) electrons. The average Bonchev–Trinajstić information content (AvgIpc) is 2.62. The van der Waals surface area contributed by atoms with E-state index in [2.05, 4.69) is 24.2 Å². The molecule has 4 heteroatoms. The summed E-state index contributed by atoms with van der Waals surface area (Å²) in [5.41, 5.74) is 0.880. The smallest absolute Gasteiger partial charge is 0.145 e. The lowest BCUT2D eigenvalue weighted by molar-refractivity contribution is 0.329. The first-order valence-corrected chi connectivity index (χ1v) is 6.49. The van der Waals surface area contributed by atoms with E-state index < -0.39 is 0 Å². The van der Waals surface area contributed by atoms with Gasteiger partial charge in [0.05, 0.1) is 12.3 Å². The molecule has 1 aromatic carbocycles. The van der Waals surface area contributed by atoms with Crippen LogP contribution >= 0.6 is 0 Å². The van der Waals surface area contributed by atoms with E-state index in [0.29, 0.717) is 24.4 Å². The van der Waals surface area contributed by atoms with Crippen molar-refractivity contribution < 1.29 is 9.13 Å². The normalized spacial score (nSPS) is 24.2. The molecular formula is C14H21FN2O. The zero-order valence-electron chi connectivity index (χ0n) is 11.2. The molecule has 1 saturated heterocycles. The molecular weight excluding hydrogens is 231 g/mol. The fourth-order valence-electron chi connectivity index (χ4n) is 2.41. The number of benzene rings is 1. The van der Waals surface area contributed by atoms with Gasteiger partial charge in [0.1, 0.15) is 11.6 Å². The number of likely N-dealkylation sites (N-methyl/N-ethyl adjacent to an activating group) is 1. The van der Waals surface area contributed by atoms with Gasteiger partial charge in [0.15, 0.2) is 0 Å². The summed E-state index contributed by atoms with van der Waals surface area (Å²) in [7, 11) is 2.13. The van der Waals surface area contributed by atoms with Crippen LogP contribution in [0.3, 0.4) is 0 Å². The Morgan fingerprint density at radius 2 is 2.28 bits per heavy atom. The third kappa shape index (κ3) is 2.93. The number of nitrogens with one attached hydrogen (secondary N) is 1. The summed E-state index contributed by atoms with van der Waals surface area (Å²) in [6.07, 6.45) is 1.10. The molecule has 100 valence electrons. The van der Waals surface area contributed by atoms with Crippen LogP contribution in [0.25, 0.3) is 0 Å². The van der Waals surface area contributed by atoms with Gasteiger partial charge in [-0.1, -0.05) is 0 Å². The van der Waals surface area contributed by atoms with Gasteiger partial charge in [-0.25, -0.2) is 4.39 Å². The quantitative estimate of drug-likeness (QED) is 0.891. The Kier molecular flexibility index (Phi) is 4.07. The van der Waals surface area contributed by atoms with Crippen LogP contribution in [0.5, 0.6) is 5.75 Å². The number of ether oxygens (including phenoxy) is 1. The van der Waals surface area contributed by atoms with Gasteiger partial charge in [-0.05, 0) is 39.4 Å². The number of hydrogen-bond donors (Lipinski definition) is 1. The minimum atomic E-state index is -0.263. The summed E-state index contributed by atoms with van der Waals surface area (Å²) in [5.74, 6) is 0.334. The standard InChI is InChI=1S/C14H21FN2O/c1-4-18-14-8-11(15)5-6-13(14)16-12-7-10(2)17(3)9-12/h5-6,8,10,12,16H,4,7,9H2,1-3H3. The molecule has 0 aromatic heterocycles. The van der Waals surface area contributed by atoms with Crippen LogP contribution in [0.1, 0.15) is 20.3 Å². The Hall–Kier alpha value is -1.29. The number of nitrogens with zero attached hydrogens (tertiary/aromatic N) is 1. The minimum absolute atomic E-state index is 0.263. The second-order valence-electron chi connectivity index (χ2n) is 4.94. The third-order valence-electron chi connectivity index (χ3n) is 3.49. The summed E-state index contributed by atoms with van der Waals surface area (Å²) in [5, 5.41) is 3.45. The maximum Gasteiger partial charge on any atom is 0.145 e. The molecule has 18 heavy (non-hydrogen) atoms. The topological polar surface area (TPSA) is 24.5 Å². The highest BCUT2D eigenvalue weighted by Gasteiger charge is 2.26. The lowest BCUT2D eigenvalue weighted by atomic mass is 10.1. The van der Waals surface area contributed by atoms with Gasteiger partial charge in [0.2, 0.25) is 0 Å². The Bertz CT molecular complexity index is 401. The van der Waals surface area contributed by atoms with Crippen molar-refractivity contribution >= 4 is 5.69 Å². The summed E-state index contributed by atoms with van der Waals surface area (Å²) < 4.78 is 18.7. The van der Waals surface area contributed by atoms with Crippen molar-refractivity contribution in [3.05, 3.63) is 24.0 Å². The number of halogens is 1. The number of likely N-dealkylation sites (tertiary alicyclic amines) is 1. The van der Waals surface area contributed by atoms with Crippen molar-refractivity contribution in [3.63, 3.8) is 0 Å².